The second kappa shape index (κ2) is 7.26. The number of hydrogen-bond donors (Lipinski definition) is 2. The van der Waals surface area contributed by atoms with Crippen molar-refractivity contribution in [1.82, 2.24) is 20.0 Å². The standard InChI is InChI=1S/C17H19N5O4/c1-21-10-12(8-18-21)19-15(23)7-13-16(24)22(17(25)20-13)9-11-5-3-4-6-14(11)26-2/h3-6,8,10,13H,7,9H2,1-2H3,(H,19,23)(H,20,25). The first kappa shape index (κ1) is 17.5. The number of carbonyl (C=O) groups excluding carboxylic acids is 3. The molecule has 2 aromatic rings. The SMILES string of the molecule is COc1ccccc1CN1C(=O)NC(CC(=O)Nc2cnn(C)c2)C1=O. The van der Waals surface area contributed by atoms with Crippen LogP contribution in [0.5, 0.6) is 5.75 Å². The Bertz CT molecular complexity index is 847. The van der Waals surface area contributed by atoms with Crippen LogP contribution in [0.2, 0.25) is 0 Å². The Morgan fingerprint density at radius 3 is 2.81 bits per heavy atom. The number of ether oxygens (including phenoxy) is 1. The van der Waals surface area contributed by atoms with E-state index in [1.54, 1.807) is 42.2 Å². The molecule has 1 aliphatic heterocycles. The van der Waals surface area contributed by atoms with Crippen LogP contribution in [0, 0.1) is 0 Å². The first-order valence-corrected chi connectivity index (χ1v) is 8.00. The number of amides is 4. The number of aromatic nitrogens is 2. The number of urea groups is 1. The van der Waals surface area contributed by atoms with Crippen molar-refractivity contribution in [2.24, 2.45) is 7.05 Å². The number of nitrogens with zero attached hydrogens (tertiary/aromatic N) is 3. The summed E-state index contributed by atoms with van der Waals surface area (Å²) in [5, 5.41) is 9.14. The molecule has 0 radical (unpaired) electrons. The maximum absolute atomic E-state index is 12.5. The van der Waals surface area contributed by atoms with Crippen LogP contribution in [0.1, 0.15) is 12.0 Å². The molecular weight excluding hydrogens is 338 g/mol. The van der Waals surface area contributed by atoms with Crippen LogP contribution in [0.4, 0.5) is 10.5 Å². The van der Waals surface area contributed by atoms with Crippen LogP contribution in [0.15, 0.2) is 36.7 Å². The Labute approximate surface area is 149 Å². The molecule has 1 atom stereocenters. The summed E-state index contributed by atoms with van der Waals surface area (Å²) < 4.78 is 6.79. The van der Waals surface area contributed by atoms with Gasteiger partial charge in [-0.3, -0.25) is 19.2 Å². The van der Waals surface area contributed by atoms with Gasteiger partial charge in [-0.25, -0.2) is 4.79 Å². The fraction of sp³-hybridized carbons (Fsp3) is 0.294. The number of nitrogens with one attached hydrogen (secondary N) is 2. The molecule has 3 rings (SSSR count). The van der Waals surface area contributed by atoms with Crippen molar-refractivity contribution < 1.29 is 19.1 Å². The van der Waals surface area contributed by atoms with Crippen molar-refractivity contribution in [2.45, 2.75) is 19.0 Å². The van der Waals surface area contributed by atoms with Gasteiger partial charge in [0.1, 0.15) is 11.8 Å². The summed E-state index contributed by atoms with van der Waals surface area (Å²) in [6.07, 6.45) is 2.99. The van der Waals surface area contributed by atoms with Gasteiger partial charge in [0.15, 0.2) is 0 Å². The summed E-state index contributed by atoms with van der Waals surface area (Å²) in [6, 6.07) is 5.72. The third-order valence-corrected chi connectivity index (χ3v) is 4.01. The van der Waals surface area contributed by atoms with E-state index in [0.717, 1.165) is 4.90 Å². The zero-order chi connectivity index (χ0) is 18.7. The van der Waals surface area contributed by atoms with Crippen LogP contribution in [-0.4, -0.2) is 45.7 Å². The molecule has 1 aliphatic rings. The molecule has 0 aliphatic carbocycles. The third-order valence-electron chi connectivity index (χ3n) is 4.01. The number of hydrogen-bond acceptors (Lipinski definition) is 5. The highest BCUT2D eigenvalue weighted by molar-refractivity contribution is 6.06. The third kappa shape index (κ3) is 3.66. The minimum atomic E-state index is -0.895. The molecule has 26 heavy (non-hydrogen) atoms. The van der Waals surface area contributed by atoms with E-state index in [2.05, 4.69) is 15.7 Å². The van der Waals surface area contributed by atoms with Crippen LogP contribution < -0.4 is 15.4 Å². The summed E-state index contributed by atoms with van der Waals surface area (Å²) in [4.78, 5) is 37.9. The Morgan fingerprint density at radius 2 is 2.12 bits per heavy atom. The van der Waals surface area contributed by atoms with E-state index >= 15 is 0 Å². The van der Waals surface area contributed by atoms with Crippen molar-refractivity contribution in [1.29, 1.82) is 0 Å². The molecule has 0 spiro atoms. The largest absolute Gasteiger partial charge is 0.496 e. The number of anilines is 1. The topological polar surface area (TPSA) is 106 Å². The first-order chi connectivity index (χ1) is 12.5. The van der Waals surface area contributed by atoms with Crippen molar-refractivity contribution in [2.75, 3.05) is 12.4 Å². The Kier molecular flexibility index (Phi) is 4.87. The predicted octanol–water partition coefficient (Wildman–Crippen LogP) is 0.878. The van der Waals surface area contributed by atoms with Gasteiger partial charge in [-0.2, -0.15) is 5.10 Å². The van der Waals surface area contributed by atoms with Crippen LogP contribution >= 0.6 is 0 Å². The summed E-state index contributed by atoms with van der Waals surface area (Å²) in [6.45, 7) is 0.0788. The van der Waals surface area contributed by atoms with E-state index in [1.807, 2.05) is 0 Å². The van der Waals surface area contributed by atoms with Crippen LogP contribution in [-0.2, 0) is 23.2 Å². The fourth-order valence-corrected chi connectivity index (χ4v) is 2.75. The zero-order valence-electron chi connectivity index (χ0n) is 14.4. The number of aryl methyl sites for hydroxylation is 1. The summed E-state index contributed by atoms with van der Waals surface area (Å²) >= 11 is 0. The summed E-state index contributed by atoms with van der Waals surface area (Å²) in [5.74, 6) is -0.232. The summed E-state index contributed by atoms with van der Waals surface area (Å²) in [5.41, 5.74) is 1.24. The van der Waals surface area contributed by atoms with Gasteiger partial charge in [-0.15, -0.1) is 0 Å². The van der Waals surface area contributed by atoms with Gasteiger partial charge < -0.3 is 15.4 Å². The molecule has 2 N–H and O–H groups in total. The zero-order valence-corrected chi connectivity index (χ0v) is 14.4. The van der Waals surface area contributed by atoms with Crippen molar-refractivity contribution in [3.8, 4) is 5.75 Å². The molecule has 0 saturated carbocycles. The van der Waals surface area contributed by atoms with E-state index in [4.69, 9.17) is 4.74 Å². The quantitative estimate of drug-likeness (QED) is 0.747. The maximum atomic E-state index is 12.5. The van der Waals surface area contributed by atoms with Crippen LogP contribution in [0.25, 0.3) is 0 Å². The smallest absolute Gasteiger partial charge is 0.325 e. The molecule has 1 fully saturated rings. The summed E-state index contributed by atoms with van der Waals surface area (Å²) in [7, 11) is 3.25. The van der Waals surface area contributed by atoms with E-state index in [-0.39, 0.29) is 18.9 Å². The molecule has 1 aromatic heterocycles. The van der Waals surface area contributed by atoms with Gasteiger partial charge in [-0.05, 0) is 6.07 Å². The lowest BCUT2D eigenvalue weighted by atomic mass is 10.1. The number of para-hydroxylation sites is 1. The van der Waals surface area contributed by atoms with Gasteiger partial charge in [-0.1, -0.05) is 18.2 Å². The number of benzene rings is 1. The van der Waals surface area contributed by atoms with Crippen molar-refractivity contribution in [3.63, 3.8) is 0 Å². The minimum Gasteiger partial charge on any atom is -0.496 e. The van der Waals surface area contributed by atoms with Gasteiger partial charge in [0.2, 0.25) is 5.91 Å². The highest BCUT2D eigenvalue weighted by Crippen LogP contribution is 2.22. The number of carbonyl (C=O) groups is 3. The van der Waals surface area contributed by atoms with Gasteiger partial charge in [0.25, 0.3) is 5.91 Å². The average Bonchev–Trinajstić information content (AvgIpc) is 3.13. The van der Waals surface area contributed by atoms with Crippen molar-refractivity contribution in [3.05, 3.63) is 42.2 Å². The van der Waals surface area contributed by atoms with Gasteiger partial charge in [0, 0.05) is 18.8 Å². The normalized spacial score (nSPS) is 16.5. The van der Waals surface area contributed by atoms with Crippen LogP contribution in [0.3, 0.4) is 0 Å². The first-order valence-electron chi connectivity index (χ1n) is 8.00. The molecule has 4 amide bonds. The monoisotopic (exact) mass is 357 g/mol. The second-order valence-corrected chi connectivity index (χ2v) is 5.89. The highest BCUT2D eigenvalue weighted by atomic mass is 16.5. The van der Waals surface area contributed by atoms with E-state index in [1.165, 1.54) is 13.3 Å². The van der Waals surface area contributed by atoms with E-state index in [0.29, 0.717) is 17.0 Å². The maximum Gasteiger partial charge on any atom is 0.325 e. The number of imide groups is 1. The molecule has 2 heterocycles. The lowest BCUT2D eigenvalue weighted by Crippen LogP contribution is -2.34. The van der Waals surface area contributed by atoms with E-state index in [9.17, 15) is 14.4 Å². The second-order valence-electron chi connectivity index (χ2n) is 5.89. The lowest BCUT2D eigenvalue weighted by molar-refractivity contribution is -0.130. The molecule has 1 unspecified atom stereocenters. The molecule has 9 heteroatoms. The highest BCUT2D eigenvalue weighted by Gasteiger charge is 2.39. The average molecular weight is 357 g/mol. The lowest BCUT2D eigenvalue weighted by Gasteiger charge is -2.15. The molecule has 9 nitrogen and oxygen atoms in total. The van der Waals surface area contributed by atoms with Gasteiger partial charge in [0.05, 0.1) is 32.0 Å². The molecule has 1 aromatic carbocycles. The Morgan fingerprint density at radius 1 is 1.35 bits per heavy atom. The predicted molar refractivity (Wildman–Crippen MR) is 92.3 cm³/mol. The van der Waals surface area contributed by atoms with Crippen molar-refractivity contribution >= 4 is 23.5 Å². The molecule has 1 saturated heterocycles. The number of rotatable bonds is 6. The Balaban J connectivity index is 1.64. The minimum absolute atomic E-state index is 0.0788. The molecule has 136 valence electrons. The number of methoxy groups -OCH3 is 1. The molecular formula is C17H19N5O4. The van der Waals surface area contributed by atoms with E-state index < -0.39 is 18.0 Å². The fourth-order valence-electron chi connectivity index (χ4n) is 2.75. The molecule has 0 bridgehead atoms. The Hall–Kier alpha value is -3.36. The van der Waals surface area contributed by atoms with Gasteiger partial charge >= 0.3 is 6.03 Å².